The summed E-state index contributed by atoms with van der Waals surface area (Å²) in [6.07, 6.45) is 6.64. The number of hydrogen-bond acceptors (Lipinski definition) is 5. The second-order valence-corrected chi connectivity index (χ2v) is 7.76. The number of aromatic nitrogens is 2. The summed E-state index contributed by atoms with van der Waals surface area (Å²) >= 11 is 7.74. The number of imidazole rings is 1. The first-order valence-corrected chi connectivity index (χ1v) is 10.2. The number of piperazine rings is 1. The Morgan fingerprint density at radius 1 is 1.32 bits per heavy atom. The van der Waals surface area contributed by atoms with E-state index >= 15 is 0 Å². The molecule has 1 aliphatic rings. The van der Waals surface area contributed by atoms with E-state index in [1.807, 2.05) is 40.1 Å². The maximum Gasteiger partial charge on any atom is 0.239 e. The molecule has 0 saturated carbocycles. The topological polar surface area (TPSA) is 66.9 Å². The third-order valence-corrected chi connectivity index (χ3v) is 5.35. The summed E-state index contributed by atoms with van der Waals surface area (Å²) < 4.78 is 1.95. The number of rotatable bonds is 6. The Balaban J connectivity index is 1.52. The molecule has 1 saturated heterocycles. The van der Waals surface area contributed by atoms with E-state index in [9.17, 15) is 4.79 Å². The standard InChI is InChI=1S/C17H24ClN5OS/c1-25-9-4-15(19)17(24)22-7-5-21(6-8-22)11-14-12-23-10-13(18)2-3-16(23)20-14/h2-3,10,12,15H,4-9,11,19H2,1H3. The lowest BCUT2D eigenvalue weighted by Crippen LogP contribution is -2.53. The average molecular weight is 382 g/mol. The minimum absolute atomic E-state index is 0.0797. The molecule has 1 unspecified atom stereocenters. The second-order valence-electron chi connectivity index (χ2n) is 6.33. The molecule has 0 radical (unpaired) electrons. The van der Waals surface area contributed by atoms with Gasteiger partial charge < -0.3 is 15.0 Å². The van der Waals surface area contributed by atoms with Crippen LogP contribution in [-0.4, -0.2) is 69.3 Å². The number of carbonyl (C=O) groups is 1. The van der Waals surface area contributed by atoms with Crippen LogP contribution in [0.15, 0.2) is 24.5 Å². The third kappa shape index (κ3) is 4.67. The number of thioether (sulfide) groups is 1. The molecule has 2 aromatic heterocycles. The van der Waals surface area contributed by atoms with E-state index in [1.165, 1.54) is 0 Å². The zero-order chi connectivity index (χ0) is 17.8. The number of hydrogen-bond donors (Lipinski definition) is 1. The van der Waals surface area contributed by atoms with Gasteiger partial charge in [0, 0.05) is 45.1 Å². The van der Waals surface area contributed by atoms with Crippen LogP contribution in [0.25, 0.3) is 5.65 Å². The van der Waals surface area contributed by atoms with Crippen LogP contribution in [0.1, 0.15) is 12.1 Å². The predicted molar refractivity (Wildman–Crippen MR) is 103 cm³/mol. The lowest BCUT2D eigenvalue weighted by molar-refractivity contribution is -0.134. The van der Waals surface area contributed by atoms with E-state index in [2.05, 4.69) is 9.88 Å². The molecule has 1 amide bonds. The minimum Gasteiger partial charge on any atom is -0.339 e. The van der Waals surface area contributed by atoms with Crippen LogP contribution >= 0.6 is 23.4 Å². The summed E-state index contributed by atoms with van der Waals surface area (Å²) in [5.41, 5.74) is 7.91. The zero-order valence-electron chi connectivity index (χ0n) is 14.4. The molecule has 1 fully saturated rings. The summed E-state index contributed by atoms with van der Waals surface area (Å²) in [5, 5.41) is 0.696. The van der Waals surface area contributed by atoms with Gasteiger partial charge >= 0.3 is 0 Å². The predicted octanol–water partition coefficient (Wildman–Crippen LogP) is 1.71. The van der Waals surface area contributed by atoms with Crippen LogP contribution in [0.4, 0.5) is 0 Å². The maximum atomic E-state index is 12.4. The van der Waals surface area contributed by atoms with Crippen molar-refractivity contribution in [2.24, 2.45) is 5.73 Å². The van der Waals surface area contributed by atoms with Gasteiger partial charge in [-0.2, -0.15) is 11.8 Å². The highest BCUT2D eigenvalue weighted by atomic mass is 35.5. The van der Waals surface area contributed by atoms with Gasteiger partial charge in [0.15, 0.2) is 0 Å². The van der Waals surface area contributed by atoms with Gasteiger partial charge in [-0.1, -0.05) is 11.6 Å². The Bertz CT molecular complexity index is 729. The fraction of sp³-hybridized carbons (Fsp3) is 0.529. The van der Waals surface area contributed by atoms with E-state index in [0.717, 1.165) is 56.2 Å². The van der Waals surface area contributed by atoms with Crippen molar-refractivity contribution in [2.45, 2.75) is 19.0 Å². The average Bonchev–Trinajstić information content (AvgIpc) is 3.01. The molecule has 0 aliphatic carbocycles. The molecule has 2 aromatic rings. The molecular formula is C17H24ClN5OS. The smallest absolute Gasteiger partial charge is 0.239 e. The highest BCUT2D eigenvalue weighted by molar-refractivity contribution is 7.98. The quantitative estimate of drug-likeness (QED) is 0.825. The third-order valence-electron chi connectivity index (χ3n) is 4.48. The first kappa shape index (κ1) is 18.5. The Morgan fingerprint density at radius 2 is 2.08 bits per heavy atom. The SMILES string of the molecule is CSCCC(N)C(=O)N1CCN(Cc2cn3cc(Cl)ccc3n2)CC1. The van der Waals surface area contributed by atoms with Gasteiger partial charge in [-0.3, -0.25) is 9.69 Å². The first-order chi connectivity index (χ1) is 12.1. The summed E-state index contributed by atoms with van der Waals surface area (Å²) in [7, 11) is 0. The van der Waals surface area contributed by atoms with Crippen molar-refractivity contribution >= 4 is 34.9 Å². The van der Waals surface area contributed by atoms with Crippen molar-refractivity contribution in [3.8, 4) is 0 Å². The number of amides is 1. The molecule has 0 aromatic carbocycles. The van der Waals surface area contributed by atoms with Crippen molar-refractivity contribution in [1.82, 2.24) is 19.2 Å². The summed E-state index contributed by atoms with van der Waals surface area (Å²) in [4.78, 5) is 21.2. The Hall–Kier alpha value is -1.28. The molecule has 3 heterocycles. The van der Waals surface area contributed by atoms with Crippen molar-refractivity contribution in [3.63, 3.8) is 0 Å². The molecule has 0 bridgehead atoms. The normalized spacial score (nSPS) is 17.2. The molecule has 0 spiro atoms. The number of halogens is 1. The van der Waals surface area contributed by atoms with Gasteiger partial charge in [0.2, 0.25) is 5.91 Å². The largest absolute Gasteiger partial charge is 0.339 e. The number of pyridine rings is 1. The molecule has 1 atom stereocenters. The van der Waals surface area contributed by atoms with Gasteiger partial charge in [-0.05, 0) is 30.6 Å². The van der Waals surface area contributed by atoms with E-state index in [1.54, 1.807) is 11.8 Å². The summed E-state index contributed by atoms with van der Waals surface area (Å²) in [6, 6.07) is 3.39. The van der Waals surface area contributed by atoms with Gasteiger partial charge in [-0.25, -0.2) is 4.98 Å². The van der Waals surface area contributed by atoms with Crippen molar-refractivity contribution in [3.05, 3.63) is 35.2 Å². The highest BCUT2D eigenvalue weighted by Gasteiger charge is 2.25. The summed E-state index contributed by atoms with van der Waals surface area (Å²) in [6.45, 7) is 3.92. The van der Waals surface area contributed by atoms with E-state index in [0.29, 0.717) is 5.02 Å². The number of carbonyl (C=O) groups excluding carboxylic acids is 1. The van der Waals surface area contributed by atoms with Crippen LogP contribution in [0.2, 0.25) is 5.02 Å². The Kier molecular flexibility index (Phi) is 6.22. The van der Waals surface area contributed by atoms with Gasteiger partial charge in [0.1, 0.15) is 5.65 Å². The van der Waals surface area contributed by atoms with Crippen molar-refractivity contribution < 1.29 is 4.79 Å². The first-order valence-electron chi connectivity index (χ1n) is 8.45. The molecule has 8 heteroatoms. The Morgan fingerprint density at radius 3 is 2.80 bits per heavy atom. The number of nitrogens with zero attached hydrogens (tertiary/aromatic N) is 4. The van der Waals surface area contributed by atoms with Gasteiger partial charge in [0.05, 0.1) is 16.8 Å². The van der Waals surface area contributed by atoms with Crippen molar-refractivity contribution in [2.75, 3.05) is 38.2 Å². The molecule has 136 valence electrons. The maximum absolute atomic E-state index is 12.4. The minimum atomic E-state index is -0.373. The lowest BCUT2D eigenvalue weighted by Gasteiger charge is -2.35. The molecular weight excluding hydrogens is 358 g/mol. The van der Waals surface area contributed by atoms with E-state index in [-0.39, 0.29) is 11.9 Å². The summed E-state index contributed by atoms with van der Waals surface area (Å²) in [5.74, 6) is 1.00. The molecule has 6 nitrogen and oxygen atoms in total. The molecule has 25 heavy (non-hydrogen) atoms. The molecule has 2 N–H and O–H groups in total. The van der Waals surface area contributed by atoms with Gasteiger partial charge in [0.25, 0.3) is 0 Å². The van der Waals surface area contributed by atoms with Crippen LogP contribution in [0, 0.1) is 0 Å². The Labute approximate surface area is 157 Å². The zero-order valence-corrected chi connectivity index (χ0v) is 16.0. The van der Waals surface area contributed by atoms with Crippen LogP contribution < -0.4 is 5.73 Å². The van der Waals surface area contributed by atoms with Crippen LogP contribution in [-0.2, 0) is 11.3 Å². The monoisotopic (exact) mass is 381 g/mol. The van der Waals surface area contributed by atoms with E-state index in [4.69, 9.17) is 17.3 Å². The lowest BCUT2D eigenvalue weighted by atomic mass is 10.2. The van der Waals surface area contributed by atoms with E-state index < -0.39 is 0 Å². The second kappa shape index (κ2) is 8.40. The fourth-order valence-corrected chi connectivity index (χ4v) is 3.71. The van der Waals surface area contributed by atoms with Crippen LogP contribution in [0.3, 0.4) is 0 Å². The van der Waals surface area contributed by atoms with Gasteiger partial charge in [-0.15, -0.1) is 0 Å². The molecule has 3 rings (SSSR count). The highest BCUT2D eigenvalue weighted by Crippen LogP contribution is 2.14. The fourth-order valence-electron chi connectivity index (χ4n) is 3.05. The van der Waals surface area contributed by atoms with Crippen molar-refractivity contribution in [1.29, 1.82) is 0 Å². The van der Waals surface area contributed by atoms with Crippen LogP contribution in [0.5, 0.6) is 0 Å². The number of nitrogens with two attached hydrogens (primary N) is 1. The molecule has 1 aliphatic heterocycles. The number of fused-ring (bicyclic) bond motifs is 1.